The van der Waals surface area contributed by atoms with E-state index in [1.54, 1.807) is 6.92 Å². The van der Waals surface area contributed by atoms with E-state index in [9.17, 15) is 9.59 Å². The topological polar surface area (TPSA) is 52.6 Å². The van der Waals surface area contributed by atoms with Crippen LogP contribution in [0.5, 0.6) is 5.75 Å². The van der Waals surface area contributed by atoms with Gasteiger partial charge in [0.1, 0.15) is 17.6 Å². The molecule has 1 aromatic carbocycles. The van der Waals surface area contributed by atoms with Gasteiger partial charge >= 0.3 is 5.97 Å². The summed E-state index contributed by atoms with van der Waals surface area (Å²) in [5.41, 5.74) is 1.10. The van der Waals surface area contributed by atoms with Crippen LogP contribution < -0.4 is 4.74 Å². The van der Waals surface area contributed by atoms with Gasteiger partial charge in [0.15, 0.2) is 0 Å². The molecule has 0 aliphatic heterocycles. The Kier molecular flexibility index (Phi) is 6.06. The van der Waals surface area contributed by atoms with Gasteiger partial charge < -0.3 is 14.3 Å². The first-order valence-electron chi connectivity index (χ1n) is 6.33. The third-order valence-corrected chi connectivity index (χ3v) is 2.71. The number of hydrogen-bond acceptors (Lipinski definition) is 4. The fraction of sp³-hybridized carbons (Fsp3) is 0.467. The van der Waals surface area contributed by atoms with Crippen LogP contribution in [0, 0.1) is 0 Å². The van der Waals surface area contributed by atoms with Crippen LogP contribution in [-0.4, -0.2) is 25.0 Å². The summed E-state index contributed by atoms with van der Waals surface area (Å²) in [5, 5.41) is 0. The Morgan fingerprint density at radius 1 is 1.21 bits per heavy atom. The highest BCUT2D eigenvalue weighted by molar-refractivity contribution is 5.75. The molecule has 0 aliphatic carbocycles. The average molecular weight is 264 g/mol. The molecule has 0 heterocycles. The van der Waals surface area contributed by atoms with E-state index in [1.807, 2.05) is 31.2 Å². The van der Waals surface area contributed by atoms with Gasteiger partial charge in [0.05, 0.1) is 13.5 Å². The second kappa shape index (κ2) is 7.56. The number of carbonyl (C=O) groups excluding carboxylic acids is 2. The van der Waals surface area contributed by atoms with Crippen molar-refractivity contribution in [3.63, 3.8) is 0 Å². The van der Waals surface area contributed by atoms with E-state index >= 15 is 0 Å². The van der Waals surface area contributed by atoms with E-state index in [4.69, 9.17) is 4.74 Å². The van der Waals surface area contributed by atoms with Crippen LogP contribution in [0.3, 0.4) is 0 Å². The van der Waals surface area contributed by atoms with Crippen molar-refractivity contribution in [3.05, 3.63) is 29.8 Å². The van der Waals surface area contributed by atoms with Crippen LogP contribution in [0.15, 0.2) is 24.3 Å². The Balaban J connectivity index is 2.47. The maximum atomic E-state index is 11.1. The molecule has 0 N–H and O–H groups in total. The summed E-state index contributed by atoms with van der Waals surface area (Å²) in [4.78, 5) is 22.0. The Labute approximate surface area is 113 Å². The maximum Gasteiger partial charge on any atom is 0.309 e. The Bertz CT molecular complexity index is 422. The molecule has 1 unspecified atom stereocenters. The van der Waals surface area contributed by atoms with Crippen molar-refractivity contribution in [1.82, 2.24) is 0 Å². The fourth-order valence-electron chi connectivity index (χ4n) is 1.65. The van der Waals surface area contributed by atoms with Crippen molar-refractivity contribution in [2.24, 2.45) is 0 Å². The lowest BCUT2D eigenvalue weighted by atomic mass is 10.1. The summed E-state index contributed by atoms with van der Waals surface area (Å²) in [7, 11) is 1.36. The van der Waals surface area contributed by atoms with E-state index in [1.165, 1.54) is 7.11 Å². The number of rotatable bonds is 7. The number of methoxy groups -OCH3 is 1. The molecule has 19 heavy (non-hydrogen) atoms. The molecule has 104 valence electrons. The van der Waals surface area contributed by atoms with Crippen LogP contribution >= 0.6 is 0 Å². The SMILES string of the molecule is COC(=O)CC(C)Oc1ccc(CCC(C)=O)cc1. The van der Waals surface area contributed by atoms with Gasteiger partial charge in [0, 0.05) is 6.42 Å². The lowest BCUT2D eigenvalue weighted by molar-refractivity contribution is -0.142. The minimum atomic E-state index is -0.287. The fourth-order valence-corrected chi connectivity index (χ4v) is 1.65. The quantitative estimate of drug-likeness (QED) is 0.710. The van der Waals surface area contributed by atoms with Gasteiger partial charge in [-0.25, -0.2) is 0 Å². The number of esters is 1. The Morgan fingerprint density at radius 3 is 2.37 bits per heavy atom. The summed E-state index contributed by atoms with van der Waals surface area (Å²) in [6, 6.07) is 7.57. The summed E-state index contributed by atoms with van der Waals surface area (Å²) in [5.74, 6) is 0.612. The normalized spacial score (nSPS) is 11.7. The molecule has 1 aromatic rings. The molecular formula is C15H20O4. The summed E-state index contributed by atoms with van der Waals surface area (Å²) in [6.07, 6.45) is 1.30. The molecule has 0 saturated carbocycles. The molecule has 0 saturated heterocycles. The molecule has 0 aromatic heterocycles. The van der Waals surface area contributed by atoms with Gasteiger partial charge in [-0.3, -0.25) is 4.79 Å². The van der Waals surface area contributed by atoms with Gasteiger partial charge in [-0.15, -0.1) is 0 Å². The summed E-state index contributed by atoms with van der Waals surface area (Å²) < 4.78 is 10.2. The molecule has 0 fully saturated rings. The van der Waals surface area contributed by atoms with Gasteiger partial charge in [0.2, 0.25) is 0 Å². The van der Waals surface area contributed by atoms with Gasteiger partial charge in [-0.1, -0.05) is 12.1 Å². The van der Waals surface area contributed by atoms with E-state index in [-0.39, 0.29) is 24.3 Å². The zero-order chi connectivity index (χ0) is 14.3. The molecule has 1 rings (SSSR count). The van der Waals surface area contributed by atoms with Crippen molar-refractivity contribution < 1.29 is 19.1 Å². The van der Waals surface area contributed by atoms with Crippen molar-refractivity contribution in [1.29, 1.82) is 0 Å². The lowest BCUT2D eigenvalue weighted by Gasteiger charge is -2.13. The summed E-state index contributed by atoms with van der Waals surface area (Å²) >= 11 is 0. The molecule has 0 aliphatic rings. The second-order valence-electron chi connectivity index (χ2n) is 4.55. The smallest absolute Gasteiger partial charge is 0.309 e. The molecule has 0 bridgehead atoms. The van der Waals surface area contributed by atoms with Crippen LogP contribution in [0.1, 0.15) is 32.3 Å². The first-order valence-corrected chi connectivity index (χ1v) is 6.33. The largest absolute Gasteiger partial charge is 0.490 e. The number of Topliss-reactive ketones (excluding diaryl/α,β-unsaturated/α-hetero) is 1. The zero-order valence-corrected chi connectivity index (χ0v) is 11.6. The molecule has 4 heteroatoms. The predicted molar refractivity (Wildman–Crippen MR) is 72.2 cm³/mol. The maximum absolute atomic E-state index is 11.1. The monoisotopic (exact) mass is 264 g/mol. The van der Waals surface area contributed by atoms with Crippen LogP contribution in [-0.2, 0) is 20.7 Å². The third-order valence-electron chi connectivity index (χ3n) is 2.71. The van der Waals surface area contributed by atoms with Crippen LogP contribution in [0.4, 0.5) is 0 Å². The van der Waals surface area contributed by atoms with Crippen LogP contribution in [0.25, 0.3) is 0 Å². The lowest BCUT2D eigenvalue weighted by Crippen LogP contribution is -2.17. The Hall–Kier alpha value is -1.84. The highest BCUT2D eigenvalue weighted by Gasteiger charge is 2.10. The first-order chi connectivity index (χ1) is 9.01. The van der Waals surface area contributed by atoms with Crippen molar-refractivity contribution in [2.75, 3.05) is 7.11 Å². The summed E-state index contributed by atoms with van der Waals surface area (Å²) in [6.45, 7) is 3.41. The van der Waals surface area contributed by atoms with E-state index in [0.29, 0.717) is 12.2 Å². The third kappa shape index (κ3) is 6.04. The number of carbonyl (C=O) groups is 2. The number of hydrogen-bond donors (Lipinski definition) is 0. The number of ketones is 1. The number of ether oxygens (including phenoxy) is 2. The second-order valence-corrected chi connectivity index (χ2v) is 4.55. The minimum Gasteiger partial charge on any atom is -0.490 e. The molecule has 0 radical (unpaired) electrons. The number of benzene rings is 1. The molecule has 0 amide bonds. The van der Waals surface area contributed by atoms with E-state index < -0.39 is 0 Å². The van der Waals surface area contributed by atoms with Gasteiger partial charge in [-0.05, 0) is 38.0 Å². The molecule has 1 atom stereocenters. The number of aryl methyl sites for hydroxylation is 1. The predicted octanol–water partition coefficient (Wildman–Crippen LogP) is 2.54. The van der Waals surface area contributed by atoms with Crippen molar-refractivity contribution in [2.45, 2.75) is 39.2 Å². The average Bonchev–Trinajstić information content (AvgIpc) is 2.37. The Morgan fingerprint density at radius 2 is 1.84 bits per heavy atom. The molecule has 4 nitrogen and oxygen atoms in total. The van der Waals surface area contributed by atoms with Crippen molar-refractivity contribution >= 4 is 11.8 Å². The highest BCUT2D eigenvalue weighted by atomic mass is 16.5. The first kappa shape index (κ1) is 15.2. The zero-order valence-electron chi connectivity index (χ0n) is 11.6. The van der Waals surface area contributed by atoms with Crippen LogP contribution in [0.2, 0.25) is 0 Å². The molecule has 0 spiro atoms. The van der Waals surface area contributed by atoms with E-state index in [2.05, 4.69) is 4.74 Å². The van der Waals surface area contributed by atoms with E-state index in [0.717, 1.165) is 12.0 Å². The highest BCUT2D eigenvalue weighted by Crippen LogP contribution is 2.16. The van der Waals surface area contributed by atoms with Crippen molar-refractivity contribution in [3.8, 4) is 5.75 Å². The standard InChI is InChI=1S/C15H20O4/c1-11(16)4-5-13-6-8-14(9-7-13)19-12(2)10-15(17)18-3/h6-9,12H,4-5,10H2,1-3H3. The molecular weight excluding hydrogens is 244 g/mol. The minimum absolute atomic E-state index is 0.187. The van der Waals surface area contributed by atoms with Gasteiger partial charge in [0.25, 0.3) is 0 Å². The van der Waals surface area contributed by atoms with Gasteiger partial charge in [-0.2, -0.15) is 0 Å².